The van der Waals surface area contributed by atoms with Gasteiger partial charge in [-0.1, -0.05) is 0 Å². The van der Waals surface area contributed by atoms with Gasteiger partial charge in [-0.2, -0.15) is 0 Å². The van der Waals surface area contributed by atoms with Crippen LogP contribution >= 0.6 is 11.8 Å². The molecule has 1 fully saturated rings. The summed E-state index contributed by atoms with van der Waals surface area (Å²) in [7, 11) is 3.91. The summed E-state index contributed by atoms with van der Waals surface area (Å²) in [5, 5.41) is 14.2. The molecule has 8 heteroatoms. The third-order valence-electron chi connectivity index (χ3n) is 5.56. The number of carbonyl (C=O) groups excluding carboxylic acids is 1. The van der Waals surface area contributed by atoms with Gasteiger partial charge >= 0.3 is 5.91 Å². The number of amides is 1. The Bertz CT molecular complexity index is 922. The molecule has 3 N–H and O–H groups in total. The van der Waals surface area contributed by atoms with Gasteiger partial charge in [-0.25, -0.2) is 9.78 Å². The Morgan fingerprint density at radius 3 is 3.04 bits per heavy atom. The number of H-pyrrole nitrogens is 1. The number of fused-ring (bicyclic) bond motifs is 1. The maximum atomic E-state index is 13.3. The average Bonchev–Trinajstić information content (AvgIpc) is 3.26. The molecule has 0 aliphatic carbocycles. The van der Waals surface area contributed by atoms with Crippen molar-refractivity contribution < 1.29 is 14.4 Å². The number of anilines is 1. The number of aryl methyl sites for hydroxylation is 1. The van der Waals surface area contributed by atoms with Crippen molar-refractivity contribution in [3.63, 3.8) is 0 Å². The zero-order chi connectivity index (χ0) is 19.9. The van der Waals surface area contributed by atoms with Crippen molar-refractivity contribution >= 4 is 34.4 Å². The highest BCUT2D eigenvalue weighted by atomic mass is 32.2. The van der Waals surface area contributed by atoms with E-state index in [1.165, 1.54) is 0 Å². The third-order valence-corrected chi connectivity index (χ3v) is 6.53. The minimum absolute atomic E-state index is 0.119. The van der Waals surface area contributed by atoms with Crippen LogP contribution in [0.1, 0.15) is 12.0 Å². The van der Waals surface area contributed by atoms with Crippen molar-refractivity contribution in [3.8, 4) is 0 Å². The van der Waals surface area contributed by atoms with Gasteiger partial charge in [-0.3, -0.25) is 4.48 Å². The number of aliphatic hydroxyl groups is 1. The lowest BCUT2D eigenvalue weighted by Gasteiger charge is -2.32. The Labute approximate surface area is 169 Å². The van der Waals surface area contributed by atoms with Gasteiger partial charge in [-0.05, 0) is 25.0 Å². The molecule has 2 aromatic heterocycles. The van der Waals surface area contributed by atoms with E-state index in [-0.39, 0.29) is 22.5 Å². The minimum atomic E-state index is -0.308. The Kier molecular flexibility index (Phi) is 5.22. The number of β-amino-alcohol motifs (C(OH)–C–C–N with tert-alkyl or cyclic N) is 1. The number of aromatic amines is 1. The summed E-state index contributed by atoms with van der Waals surface area (Å²) >= 11 is 1.63. The number of aliphatic hydroxyl groups excluding tert-OH is 1. The fourth-order valence-corrected chi connectivity index (χ4v) is 5.19. The monoisotopic (exact) mass is 402 g/mol. The molecule has 7 nitrogen and oxygen atoms in total. The van der Waals surface area contributed by atoms with Crippen LogP contribution < -0.4 is 10.2 Å². The molecule has 0 bridgehead atoms. The van der Waals surface area contributed by atoms with Gasteiger partial charge in [0.1, 0.15) is 17.1 Å². The Balaban J connectivity index is 1.58. The standard InChI is InChI=1S/C20H28N5O2S/c1-13-9-23-19-18(13)16(4-5-21-19)24-6-7-28-17(11-24)20(27)25(2,3)12-14-8-15(26)10-22-14/h4-5,9,11,14-15,22,26H,6-8,10,12H2,1-3H3,(H,21,23)/q+1/t14-,15-/m0/s1. The van der Waals surface area contributed by atoms with E-state index in [9.17, 15) is 9.90 Å². The van der Waals surface area contributed by atoms with Crippen molar-refractivity contribution in [3.05, 3.63) is 35.1 Å². The van der Waals surface area contributed by atoms with Crippen molar-refractivity contribution in [2.24, 2.45) is 0 Å². The second-order valence-electron chi connectivity index (χ2n) is 8.23. The fourth-order valence-electron chi connectivity index (χ4n) is 4.11. The largest absolute Gasteiger partial charge is 0.392 e. The molecule has 2 atom stereocenters. The summed E-state index contributed by atoms with van der Waals surface area (Å²) in [6, 6.07) is 2.18. The number of carbonyl (C=O) groups is 1. The van der Waals surface area contributed by atoms with Crippen LogP contribution in [0, 0.1) is 6.92 Å². The number of hydrogen-bond donors (Lipinski definition) is 3. The van der Waals surface area contributed by atoms with Crippen molar-refractivity contribution in [1.82, 2.24) is 15.3 Å². The van der Waals surface area contributed by atoms with Crippen LogP contribution in [0.25, 0.3) is 11.0 Å². The van der Waals surface area contributed by atoms with E-state index in [1.54, 1.807) is 11.8 Å². The number of hydrogen-bond acceptors (Lipinski definition) is 6. The Morgan fingerprint density at radius 2 is 2.29 bits per heavy atom. The number of likely N-dealkylation sites (N-methyl/N-ethyl adjacent to an activating group) is 1. The smallest absolute Gasteiger partial charge is 0.353 e. The maximum Gasteiger partial charge on any atom is 0.353 e. The van der Waals surface area contributed by atoms with E-state index in [4.69, 9.17) is 0 Å². The fraction of sp³-hybridized carbons (Fsp3) is 0.500. The van der Waals surface area contributed by atoms with Crippen molar-refractivity contribution in [2.75, 3.05) is 44.4 Å². The first-order valence-electron chi connectivity index (χ1n) is 9.68. The molecule has 1 saturated heterocycles. The molecule has 0 unspecified atom stereocenters. The molecule has 0 radical (unpaired) electrons. The van der Waals surface area contributed by atoms with Gasteiger partial charge in [0.15, 0.2) is 0 Å². The summed E-state index contributed by atoms with van der Waals surface area (Å²) in [5.41, 5.74) is 3.11. The molecular weight excluding hydrogens is 374 g/mol. The number of rotatable bonds is 4. The molecule has 1 amide bonds. The average molecular weight is 403 g/mol. The normalized spacial score (nSPS) is 23.3. The molecule has 2 aliphatic rings. The van der Waals surface area contributed by atoms with Crippen LogP contribution in [-0.4, -0.2) is 77.1 Å². The van der Waals surface area contributed by atoms with Crippen LogP contribution in [0.4, 0.5) is 5.69 Å². The molecule has 150 valence electrons. The summed E-state index contributed by atoms with van der Waals surface area (Å²) in [4.78, 5) is 23.9. The molecule has 2 aliphatic heterocycles. The van der Waals surface area contributed by atoms with E-state index in [0.717, 1.165) is 39.5 Å². The van der Waals surface area contributed by atoms with Gasteiger partial charge in [0.25, 0.3) is 0 Å². The predicted octanol–water partition coefficient (Wildman–Crippen LogP) is 1.59. The van der Waals surface area contributed by atoms with Gasteiger partial charge in [0.05, 0.1) is 31.9 Å². The van der Waals surface area contributed by atoms with Crippen LogP contribution in [0.2, 0.25) is 0 Å². The van der Waals surface area contributed by atoms with E-state index in [0.29, 0.717) is 19.5 Å². The zero-order valence-electron chi connectivity index (χ0n) is 16.6. The van der Waals surface area contributed by atoms with E-state index in [1.807, 2.05) is 38.8 Å². The number of nitrogens with zero attached hydrogens (tertiary/aromatic N) is 3. The first kappa shape index (κ1) is 19.4. The summed E-state index contributed by atoms with van der Waals surface area (Å²) in [6.45, 7) is 4.21. The second-order valence-corrected chi connectivity index (χ2v) is 9.36. The molecule has 0 spiro atoms. The molecule has 0 saturated carbocycles. The minimum Gasteiger partial charge on any atom is -0.392 e. The summed E-state index contributed by atoms with van der Waals surface area (Å²) < 4.78 is 0.270. The number of nitrogens with one attached hydrogen (secondary N) is 2. The van der Waals surface area contributed by atoms with Gasteiger partial charge in [-0.15, -0.1) is 11.8 Å². The third kappa shape index (κ3) is 3.69. The molecule has 2 aromatic rings. The van der Waals surface area contributed by atoms with Gasteiger partial charge < -0.3 is 20.3 Å². The zero-order valence-corrected chi connectivity index (χ0v) is 17.4. The van der Waals surface area contributed by atoms with Gasteiger partial charge in [0.2, 0.25) is 0 Å². The lowest BCUT2D eigenvalue weighted by atomic mass is 10.1. The maximum absolute atomic E-state index is 13.3. The first-order valence-corrected chi connectivity index (χ1v) is 10.7. The van der Waals surface area contributed by atoms with E-state index in [2.05, 4.69) is 27.1 Å². The second kappa shape index (κ2) is 7.51. The molecular formula is C20H28N5O2S+. The molecule has 4 rings (SSSR count). The first-order chi connectivity index (χ1) is 13.3. The van der Waals surface area contributed by atoms with Gasteiger partial charge in [0, 0.05) is 42.8 Å². The lowest BCUT2D eigenvalue weighted by Crippen LogP contribution is -2.52. The van der Waals surface area contributed by atoms with E-state index < -0.39 is 0 Å². The summed E-state index contributed by atoms with van der Waals surface area (Å²) in [5.74, 6) is 0.986. The quantitative estimate of drug-likeness (QED) is 0.674. The van der Waals surface area contributed by atoms with Crippen molar-refractivity contribution in [1.29, 1.82) is 0 Å². The summed E-state index contributed by atoms with van der Waals surface area (Å²) in [6.07, 6.45) is 6.17. The highest BCUT2D eigenvalue weighted by Crippen LogP contribution is 2.33. The lowest BCUT2D eigenvalue weighted by molar-refractivity contribution is -0.812. The molecule has 4 heterocycles. The highest BCUT2D eigenvalue weighted by Gasteiger charge is 2.37. The number of thioether (sulfide) groups is 1. The van der Waals surface area contributed by atoms with Crippen LogP contribution in [0.15, 0.2) is 29.6 Å². The van der Waals surface area contributed by atoms with Crippen molar-refractivity contribution in [2.45, 2.75) is 25.5 Å². The highest BCUT2D eigenvalue weighted by molar-refractivity contribution is 8.04. The molecule has 28 heavy (non-hydrogen) atoms. The van der Waals surface area contributed by atoms with Crippen LogP contribution in [-0.2, 0) is 4.79 Å². The number of aromatic nitrogens is 2. The number of quaternary nitrogens is 1. The predicted molar refractivity (Wildman–Crippen MR) is 113 cm³/mol. The van der Waals surface area contributed by atoms with E-state index >= 15 is 0 Å². The Hall–Kier alpha value is -1.87. The SMILES string of the molecule is Cc1c[nH]c2nccc(N3C=C(C(=O)[N+](C)(C)C[C@@H]4C[C@H](O)CN4)SCC3)c12. The molecule has 0 aromatic carbocycles. The van der Waals surface area contributed by atoms with Crippen LogP contribution in [0.3, 0.4) is 0 Å². The Morgan fingerprint density at radius 1 is 1.46 bits per heavy atom. The topological polar surface area (TPSA) is 81.2 Å². The van der Waals surface area contributed by atoms with Crippen LogP contribution in [0.5, 0.6) is 0 Å². The number of pyridine rings is 1.